The van der Waals surface area contributed by atoms with E-state index >= 15 is 0 Å². The van der Waals surface area contributed by atoms with Gasteiger partial charge in [0.1, 0.15) is 4.21 Å². The number of nitrogens with zero attached hydrogens (tertiary/aromatic N) is 2. The summed E-state index contributed by atoms with van der Waals surface area (Å²) in [6.07, 6.45) is 0.309. The van der Waals surface area contributed by atoms with Crippen LogP contribution >= 0.6 is 11.3 Å². The van der Waals surface area contributed by atoms with Gasteiger partial charge in [-0.05, 0) is 41.3 Å². The summed E-state index contributed by atoms with van der Waals surface area (Å²) in [5, 5.41) is 1.73. The van der Waals surface area contributed by atoms with Crippen molar-refractivity contribution in [3.63, 3.8) is 0 Å². The van der Waals surface area contributed by atoms with Crippen molar-refractivity contribution in [1.82, 2.24) is 4.90 Å². The maximum atomic E-state index is 12.7. The Morgan fingerprint density at radius 2 is 1.60 bits per heavy atom. The van der Waals surface area contributed by atoms with Crippen LogP contribution in [0, 0.1) is 0 Å². The van der Waals surface area contributed by atoms with Gasteiger partial charge in [-0.25, -0.2) is 8.42 Å². The molecule has 4 rings (SSSR count). The molecule has 0 spiro atoms. The summed E-state index contributed by atoms with van der Waals surface area (Å²) in [4.78, 5) is 16.9. The summed E-state index contributed by atoms with van der Waals surface area (Å²) < 4.78 is 27.4. The Morgan fingerprint density at radius 1 is 0.900 bits per heavy atom. The zero-order valence-corrected chi connectivity index (χ0v) is 18.0. The summed E-state index contributed by atoms with van der Waals surface area (Å²) in [6.45, 7) is 3.04. The normalized spacial score (nSPS) is 14.5. The second kappa shape index (κ2) is 8.89. The highest BCUT2D eigenvalue weighted by Crippen LogP contribution is 2.21. The van der Waals surface area contributed by atoms with Crippen LogP contribution in [0.2, 0.25) is 0 Å². The van der Waals surface area contributed by atoms with Gasteiger partial charge in [0.2, 0.25) is 5.91 Å². The third-order valence-corrected chi connectivity index (χ3v) is 7.85. The van der Waals surface area contributed by atoms with Gasteiger partial charge in [-0.3, -0.25) is 9.52 Å². The van der Waals surface area contributed by atoms with Crippen molar-refractivity contribution in [2.24, 2.45) is 0 Å². The van der Waals surface area contributed by atoms with Crippen LogP contribution in [-0.4, -0.2) is 45.4 Å². The van der Waals surface area contributed by atoms with E-state index in [1.807, 2.05) is 23.1 Å². The van der Waals surface area contributed by atoms with Crippen LogP contribution in [0.5, 0.6) is 0 Å². The van der Waals surface area contributed by atoms with E-state index in [2.05, 4.69) is 21.8 Å². The van der Waals surface area contributed by atoms with Gasteiger partial charge in [-0.15, -0.1) is 11.3 Å². The van der Waals surface area contributed by atoms with E-state index in [1.165, 1.54) is 17.0 Å². The molecule has 30 heavy (non-hydrogen) atoms. The standard InChI is InChI=1S/C22H23N3O3S2/c26-21(25-14-12-24(13-15-25)20-5-2-1-3-6-20)17-18-8-10-19(11-9-18)23-30(27,28)22-7-4-16-29-22/h1-11,16,23H,12-15,17H2. The molecule has 1 aromatic heterocycles. The number of piperazine rings is 1. The summed E-state index contributed by atoms with van der Waals surface area (Å²) >= 11 is 1.17. The first kappa shape index (κ1) is 20.4. The summed E-state index contributed by atoms with van der Waals surface area (Å²) in [5.41, 5.74) is 2.53. The smallest absolute Gasteiger partial charge is 0.271 e. The highest BCUT2D eigenvalue weighted by atomic mass is 32.2. The fraction of sp³-hybridized carbons (Fsp3) is 0.227. The fourth-order valence-electron chi connectivity index (χ4n) is 3.45. The lowest BCUT2D eigenvalue weighted by Gasteiger charge is -2.36. The molecule has 0 aliphatic carbocycles. The van der Waals surface area contributed by atoms with Crippen LogP contribution in [0.25, 0.3) is 0 Å². The molecular formula is C22H23N3O3S2. The van der Waals surface area contributed by atoms with E-state index in [0.29, 0.717) is 25.2 Å². The molecule has 1 N–H and O–H groups in total. The molecule has 3 aromatic rings. The lowest BCUT2D eigenvalue weighted by Crippen LogP contribution is -2.49. The van der Waals surface area contributed by atoms with Crippen molar-refractivity contribution >= 4 is 38.6 Å². The summed E-state index contributed by atoms with van der Waals surface area (Å²) in [7, 11) is -3.56. The molecule has 0 saturated carbocycles. The van der Waals surface area contributed by atoms with Crippen LogP contribution in [0.1, 0.15) is 5.56 Å². The average molecular weight is 442 g/mol. The van der Waals surface area contributed by atoms with E-state index in [4.69, 9.17) is 0 Å². The van der Waals surface area contributed by atoms with Crippen molar-refractivity contribution in [3.8, 4) is 0 Å². The second-order valence-electron chi connectivity index (χ2n) is 7.11. The van der Waals surface area contributed by atoms with E-state index in [0.717, 1.165) is 18.7 Å². The van der Waals surface area contributed by atoms with Gasteiger partial charge < -0.3 is 9.80 Å². The SMILES string of the molecule is O=C(Cc1ccc(NS(=O)(=O)c2cccs2)cc1)N1CCN(c2ccccc2)CC1. The molecule has 2 heterocycles. The molecule has 0 radical (unpaired) electrons. The zero-order valence-electron chi connectivity index (χ0n) is 16.4. The monoisotopic (exact) mass is 441 g/mol. The molecule has 0 bridgehead atoms. The molecule has 1 aliphatic rings. The highest BCUT2D eigenvalue weighted by Gasteiger charge is 2.21. The Bertz CT molecular complexity index is 1070. The van der Waals surface area contributed by atoms with E-state index in [-0.39, 0.29) is 10.1 Å². The molecule has 1 amide bonds. The number of para-hydroxylation sites is 1. The number of nitrogens with one attached hydrogen (secondary N) is 1. The van der Waals surface area contributed by atoms with Crippen molar-refractivity contribution < 1.29 is 13.2 Å². The number of hydrogen-bond acceptors (Lipinski definition) is 5. The van der Waals surface area contributed by atoms with Gasteiger partial charge in [0.25, 0.3) is 10.0 Å². The first-order chi connectivity index (χ1) is 14.5. The maximum Gasteiger partial charge on any atom is 0.271 e. The molecule has 156 valence electrons. The Labute approximate surface area is 180 Å². The number of rotatable bonds is 6. The Hall–Kier alpha value is -2.84. The van der Waals surface area contributed by atoms with Crippen molar-refractivity contribution in [2.75, 3.05) is 35.8 Å². The quantitative estimate of drug-likeness (QED) is 0.636. The fourth-order valence-corrected chi connectivity index (χ4v) is 5.50. The summed E-state index contributed by atoms with van der Waals surface area (Å²) in [6, 6.07) is 20.5. The molecule has 0 atom stereocenters. The van der Waals surface area contributed by atoms with E-state index in [9.17, 15) is 13.2 Å². The molecule has 1 saturated heterocycles. The Balaban J connectivity index is 1.31. The number of carbonyl (C=O) groups excluding carboxylic acids is 1. The van der Waals surface area contributed by atoms with Crippen LogP contribution in [0.3, 0.4) is 0 Å². The van der Waals surface area contributed by atoms with Crippen LogP contribution in [-0.2, 0) is 21.2 Å². The third-order valence-electron chi connectivity index (χ3n) is 5.08. The molecule has 0 unspecified atom stereocenters. The van der Waals surface area contributed by atoms with Crippen molar-refractivity contribution in [1.29, 1.82) is 0 Å². The topological polar surface area (TPSA) is 69.7 Å². The predicted molar refractivity (Wildman–Crippen MR) is 121 cm³/mol. The van der Waals surface area contributed by atoms with Crippen molar-refractivity contribution in [3.05, 3.63) is 77.7 Å². The second-order valence-corrected chi connectivity index (χ2v) is 9.97. The largest absolute Gasteiger partial charge is 0.368 e. The minimum absolute atomic E-state index is 0.0922. The molecule has 6 nitrogen and oxygen atoms in total. The van der Waals surface area contributed by atoms with Crippen molar-refractivity contribution in [2.45, 2.75) is 10.6 Å². The number of sulfonamides is 1. The minimum atomic E-state index is -3.56. The van der Waals surface area contributed by atoms with Gasteiger partial charge in [-0.1, -0.05) is 36.4 Å². The molecule has 2 aromatic carbocycles. The number of hydrogen-bond donors (Lipinski definition) is 1. The lowest BCUT2D eigenvalue weighted by molar-refractivity contribution is -0.130. The van der Waals surface area contributed by atoms with E-state index in [1.54, 1.807) is 41.8 Å². The minimum Gasteiger partial charge on any atom is -0.368 e. The van der Waals surface area contributed by atoms with Gasteiger partial charge in [0.15, 0.2) is 0 Å². The highest BCUT2D eigenvalue weighted by molar-refractivity contribution is 7.94. The van der Waals surface area contributed by atoms with Gasteiger partial charge in [0, 0.05) is 37.6 Å². The number of carbonyl (C=O) groups is 1. The van der Waals surface area contributed by atoms with Crippen LogP contribution in [0.4, 0.5) is 11.4 Å². The number of thiophene rings is 1. The third kappa shape index (κ3) is 4.83. The van der Waals surface area contributed by atoms with Gasteiger partial charge in [0.05, 0.1) is 6.42 Å². The molecular weight excluding hydrogens is 418 g/mol. The number of anilines is 2. The molecule has 1 aliphatic heterocycles. The van der Waals surface area contributed by atoms with E-state index < -0.39 is 10.0 Å². The number of amides is 1. The van der Waals surface area contributed by atoms with Gasteiger partial charge >= 0.3 is 0 Å². The first-order valence-electron chi connectivity index (χ1n) is 9.74. The van der Waals surface area contributed by atoms with Crippen LogP contribution < -0.4 is 9.62 Å². The predicted octanol–water partition coefficient (Wildman–Crippen LogP) is 3.44. The Morgan fingerprint density at radius 3 is 2.23 bits per heavy atom. The number of benzene rings is 2. The van der Waals surface area contributed by atoms with Gasteiger partial charge in [-0.2, -0.15) is 0 Å². The maximum absolute atomic E-state index is 12.7. The zero-order chi connectivity index (χ0) is 21.0. The Kier molecular flexibility index (Phi) is 6.06. The average Bonchev–Trinajstić information content (AvgIpc) is 3.32. The molecule has 1 fully saturated rings. The first-order valence-corrected chi connectivity index (χ1v) is 12.1. The summed E-state index contributed by atoms with van der Waals surface area (Å²) in [5.74, 6) is 0.0922. The molecule has 8 heteroatoms. The van der Waals surface area contributed by atoms with Crippen LogP contribution in [0.15, 0.2) is 76.3 Å². The lowest BCUT2D eigenvalue weighted by atomic mass is 10.1.